The zero-order valence-corrected chi connectivity index (χ0v) is 14.1. The van der Waals surface area contributed by atoms with Crippen molar-refractivity contribution in [3.63, 3.8) is 0 Å². The number of rotatable bonds is 4. The van der Waals surface area contributed by atoms with Gasteiger partial charge in [-0.3, -0.25) is 4.79 Å². The second kappa shape index (κ2) is 6.16. The molecule has 0 spiro atoms. The van der Waals surface area contributed by atoms with Gasteiger partial charge in [0.25, 0.3) is 0 Å². The van der Waals surface area contributed by atoms with Crippen molar-refractivity contribution in [1.29, 1.82) is 0 Å². The van der Waals surface area contributed by atoms with Crippen LogP contribution < -0.4 is 5.73 Å². The maximum atomic E-state index is 11.2. The van der Waals surface area contributed by atoms with E-state index < -0.39 is 18.3 Å². The molecule has 0 aromatic heterocycles. The van der Waals surface area contributed by atoms with Gasteiger partial charge in [0.2, 0.25) is 0 Å². The van der Waals surface area contributed by atoms with Crippen molar-refractivity contribution < 1.29 is 14.1 Å². The first-order valence-electron chi connectivity index (χ1n) is 7.21. The second-order valence-electron chi connectivity index (χ2n) is 6.37. The van der Waals surface area contributed by atoms with Crippen molar-refractivity contribution in [3.05, 3.63) is 39.8 Å². The first-order chi connectivity index (χ1) is 10.2. The summed E-state index contributed by atoms with van der Waals surface area (Å²) < 4.78 is 12.0. The van der Waals surface area contributed by atoms with Crippen molar-refractivity contribution in [1.82, 2.24) is 0 Å². The van der Waals surface area contributed by atoms with Crippen molar-refractivity contribution >= 4 is 31.1 Å². The van der Waals surface area contributed by atoms with Crippen molar-refractivity contribution in [2.45, 2.75) is 38.9 Å². The number of benzene rings is 1. The molecule has 0 saturated carbocycles. The van der Waals surface area contributed by atoms with Crippen LogP contribution in [0.2, 0.25) is 5.02 Å². The van der Waals surface area contributed by atoms with Crippen LogP contribution in [-0.2, 0) is 9.31 Å². The highest BCUT2D eigenvalue weighted by atomic mass is 35.5. The first-order valence-corrected chi connectivity index (χ1v) is 7.59. The maximum absolute atomic E-state index is 11.2. The lowest BCUT2D eigenvalue weighted by Crippen LogP contribution is -2.41. The van der Waals surface area contributed by atoms with E-state index in [4.69, 9.17) is 26.6 Å². The van der Waals surface area contributed by atoms with Gasteiger partial charge in [-0.15, -0.1) is 0 Å². The van der Waals surface area contributed by atoms with Gasteiger partial charge in [0, 0.05) is 22.7 Å². The lowest BCUT2D eigenvalue weighted by atomic mass is 9.77. The molecule has 1 fully saturated rings. The fourth-order valence-electron chi connectivity index (χ4n) is 2.21. The standard InChI is InChI=1S/C16H21BClNO3/c1-15(2)16(3,4)22-17(21-15)12(9-19)8-13-11(10-20)6-5-7-14(13)18/h5-8,10H,9,19H2,1-4H3. The lowest BCUT2D eigenvalue weighted by Gasteiger charge is -2.32. The summed E-state index contributed by atoms with van der Waals surface area (Å²) in [7, 11) is -0.550. The smallest absolute Gasteiger partial charge is 0.400 e. The third-order valence-electron chi connectivity index (χ3n) is 4.34. The molecule has 0 radical (unpaired) electrons. The van der Waals surface area contributed by atoms with Crippen LogP contribution >= 0.6 is 11.6 Å². The van der Waals surface area contributed by atoms with Crippen LogP contribution in [0.15, 0.2) is 23.7 Å². The minimum absolute atomic E-state index is 0.250. The summed E-state index contributed by atoms with van der Waals surface area (Å²) in [4.78, 5) is 11.2. The summed E-state index contributed by atoms with van der Waals surface area (Å²) in [5, 5.41) is 0.493. The number of hydrogen-bond acceptors (Lipinski definition) is 4. The topological polar surface area (TPSA) is 61.5 Å². The Labute approximate surface area is 136 Å². The maximum Gasteiger partial charge on any atom is 0.491 e. The van der Waals surface area contributed by atoms with Gasteiger partial charge in [-0.2, -0.15) is 0 Å². The van der Waals surface area contributed by atoms with Gasteiger partial charge in [-0.05, 0) is 39.2 Å². The number of nitrogens with two attached hydrogens (primary N) is 1. The SMILES string of the molecule is CC1(C)OB(C(=Cc2c(Cl)cccc2C=O)CN)OC1(C)C. The molecule has 4 nitrogen and oxygen atoms in total. The number of carbonyl (C=O) groups is 1. The zero-order valence-electron chi connectivity index (χ0n) is 13.4. The molecular weight excluding hydrogens is 300 g/mol. The monoisotopic (exact) mass is 321 g/mol. The summed E-state index contributed by atoms with van der Waals surface area (Å²) in [6.45, 7) is 8.17. The van der Waals surface area contributed by atoms with E-state index in [0.717, 1.165) is 11.8 Å². The van der Waals surface area contributed by atoms with Crippen LogP contribution in [0, 0.1) is 0 Å². The van der Waals surface area contributed by atoms with E-state index in [2.05, 4.69) is 0 Å². The molecule has 0 unspecified atom stereocenters. The van der Waals surface area contributed by atoms with Gasteiger partial charge in [-0.1, -0.05) is 29.8 Å². The van der Waals surface area contributed by atoms with Gasteiger partial charge >= 0.3 is 7.12 Å². The predicted octanol–water partition coefficient (Wildman–Crippen LogP) is 3.13. The van der Waals surface area contributed by atoms with Gasteiger partial charge < -0.3 is 15.0 Å². The largest absolute Gasteiger partial charge is 0.491 e. The van der Waals surface area contributed by atoms with E-state index in [-0.39, 0.29) is 6.54 Å². The Morgan fingerprint density at radius 2 is 1.86 bits per heavy atom. The van der Waals surface area contributed by atoms with Crippen LogP contribution in [0.1, 0.15) is 43.6 Å². The third kappa shape index (κ3) is 3.13. The molecule has 1 aliphatic heterocycles. The van der Waals surface area contributed by atoms with Crippen LogP contribution in [0.4, 0.5) is 0 Å². The summed E-state index contributed by atoms with van der Waals surface area (Å²) in [6, 6.07) is 5.18. The molecule has 1 aromatic carbocycles. The molecule has 0 amide bonds. The van der Waals surface area contributed by atoms with Gasteiger partial charge in [0.05, 0.1) is 11.2 Å². The molecule has 1 heterocycles. The van der Waals surface area contributed by atoms with Crippen LogP contribution in [-0.4, -0.2) is 31.2 Å². The third-order valence-corrected chi connectivity index (χ3v) is 4.66. The Morgan fingerprint density at radius 3 is 2.36 bits per heavy atom. The van der Waals surface area contributed by atoms with E-state index in [1.807, 2.05) is 27.7 Å². The van der Waals surface area contributed by atoms with E-state index in [9.17, 15) is 4.79 Å². The molecule has 118 valence electrons. The Balaban J connectivity index is 2.40. The first kappa shape index (κ1) is 17.2. The van der Waals surface area contributed by atoms with Crippen LogP contribution in [0.25, 0.3) is 6.08 Å². The van der Waals surface area contributed by atoms with E-state index in [1.165, 1.54) is 0 Å². The molecule has 6 heteroatoms. The quantitative estimate of drug-likeness (QED) is 0.683. The average Bonchev–Trinajstić information content (AvgIpc) is 2.65. The van der Waals surface area contributed by atoms with Crippen molar-refractivity contribution in [3.8, 4) is 0 Å². The fourth-order valence-corrected chi connectivity index (χ4v) is 2.45. The highest BCUT2D eigenvalue weighted by molar-refractivity contribution is 6.56. The summed E-state index contributed by atoms with van der Waals surface area (Å²) in [5.74, 6) is 0. The minimum Gasteiger partial charge on any atom is -0.400 e. The molecule has 0 aliphatic carbocycles. The molecule has 2 N–H and O–H groups in total. The van der Waals surface area contributed by atoms with Crippen LogP contribution in [0.3, 0.4) is 0 Å². The minimum atomic E-state index is -0.550. The van der Waals surface area contributed by atoms with E-state index in [1.54, 1.807) is 24.3 Å². The number of halogens is 1. The lowest BCUT2D eigenvalue weighted by molar-refractivity contribution is 0.00578. The van der Waals surface area contributed by atoms with Crippen molar-refractivity contribution in [2.24, 2.45) is 5.73 Å². The van der Waals surface area contributed by atoms with Gasteiger partial charge in [0.1, 0.15) is 0 Å². The number of carbonyl (C=O) groups excluding carboxylic acids is 1. The average molecular weight is 322 g/mol. The number of hydrogen-bond donors (Lipinski definition) is 1. The summed E-state index contributed by atoms with van der Waals surface area (Å²) >= 11 is 6.20. The Kier molecular flexibility index (Phi) is 4.83. The summed E-state index contributed by atoms with van der Waals surface area (Å²) in [5.41, 5.74) is 6.86. The molecular formula is C16H21BClNO3. The Hall–Kier alpha value is -1.14. The molecule has 0 bridgehead atoms. The second-order valence-corrected chi connectivity index (χ2v) is 6.78. The fraction of sp³-hybridized carbons (Fsp3) is 0.438. The Bertz CT molecular complexity index is 597. The zero-order chi connectivity index (χ0) is 16.5. The molecule has 2 rings (SSSR count). The normalized spacial score (nSPS) is 20.3. The Morgan fingerprint density at radius 1 is 1.27 bits per heavy atom. The molecule has 0 atom stereocenters. The van der Waals surface area contributed by atoms with Gasteiger partial charge in [-0.25, -0.2) is 0 Å². The predicted molar refractivity (Wildman–Crippen MR) is 90.0 cm³/mol. The molecule has 1 aromatic rings. The summed E-state index contributed by atoms with van der Waals surface area (Å²) in [6.07, 6.45) is 2.56. The van der Waals surface area contributed by atoms with Crippen LogP contribution in [0.5, 0.6) is 0 Å². The van der Waals surface area contributed by atoms with Gasteiger partial charge in [0.15, 0.2) is 6.29 Å². The van der Waals surface area contributed by atoms with E-state index >= 15 is 0 Å². The number of aldehydes is 1. The highest BCUT2D eigenvalue weighted by Gasteiger charge is 2.52. The van der Waals surface area contributed by atoms with Crippen molar-refractivity contribution in [2.75, 3.05) is 6.54 Å². The highest BCUT2D eigenvalue weighted by Crippen LogP contribution is 2.39. The molecule has 22 heavy (non-hydrogen) atoms. The molecule has 1 aliphatic rings. The molecule has 1 saturated heterocycles. The van der Waals surface area contributed by atoms with E-state index in [0.29, 0.717) is 16.1 Å².